The summed E-state index contributed by atoms with van der Waals surface area (Å²) < 4.78 is 4.86. The maximum Gasteiger partial charge on any atom is 0.309 e. The molecular formula is C14H16O3. The lowest BCUT2D eigenvalue weighted by molar-refractivity contribution is -0.149. The minimum atomic E-state index is -0.291. The number of allylic oxidation sites excluding steroid dienone is 4. The van der Waals surface area contributed by atoms with E-state index in [1.54, 1.807) is 6.08 Å². The van der Waals surface area contributed by atoms with Gasteiger partial charge >= 0.3 is 5.97 Å². The van der Waals surface area contributed by atoms with Gasteiger partial charge in [0.15, 0.2) is 5.78 Å². The van der Waals surface area contributed by atoms with Gasteiger partial charge in [-0.05, 0) is 30.3 Å². The average molecular weight is 232 g/mol. The Morgan fingerprint density at radius 2 is 2.12 bits per heavy atom. The summed E-state index contributed by atoms with van der Waals surface area (Å²) in [5.41, 5.74) is 0.218. The van der Waals surface area contributed by atoms with Crippen LogP contribution >= 0.6 is 0 Å². The Kier molecular flexibility index (Phi) is 2.25. The van der Waals surface area contributed by atoms with E-state index in [9.17, 15) is 9.59 Å². The highest BCUT2D eigenvalue weighted by atomic mass is 16.5. The molecule has 3 aliphatic rings. The minimum absolute atomic E-state index is 0.0367. The van der Waals surface area contributed by atoms with Crippen molar-refractivity contribution in [2.75, 3.05) is 7.11 Å². The first-order chi connectivity index (χ1) is 8.17. The Bertz CT molecular complexity index is 429. The molecule has 3 aliphatic carbocycles. The van der Waals surface area contributed by atoms with Gasteiger partial charge in [0.05, 0.1) is 13.0 Å². The third kappa shape index (κ3) is 1.48. The molecule has 1 fully saturated rings. The highest BCUT2D eigenvalue weighted by Gasteiger charge is 2.58. The monoisotopic (exact) mass is 232 g/mol. The normalized spacial score (nSPS) is 38.6. The van der Waals surface area contributed by atoms with Crippen LogP contribution < -0.4 is 0 Å². The Balaban J connectivity index is 1.99. The molecule has 0 aromatic heterocycles. The smallest absolute Gasteiger partial charge is 0.309 e. The first kappa shape index (κ1) is 10.8. The van der Waals surface area contributed by atoms with Gasteiger partial charge in [-0.3, -0.25) is 9.59 Å². The number of esters is 1. The van der Waals surface area contributed by atoms with E-state index in [1.165, 1.54) is 7.11 Å². The zero-order valence-corrected chi connectivity index (χ0v) is 9.89. The van der Waals surface area contributed by atoms with Crippen LogP contribution in [0.5, 0.6) is 0 Å². The van der Waals surface area contributed by atoms with Gasteiger partial charge in [-0.25, -0.2) is 0 Å². The van der Waals surface area contributed by atoms with Crippen molar-refractivity contribution in [3.05, 3.63) is 24.3 Å². The standard InChI is InChI=1S/C14H16O3/c1-17-13(16)11-8-10(15)4-2-9-3-5-12(11)14(9)6-7-14/h2-5,9,11-12H,6-8H2,1H3/b4-2-/t9-,11-,12-/m0/s1. The van der Waals surface area contributed by atoms with Crippen molar-refractivity contribution in [3.8, 4) is 0 Å². The molecule has 3 rings (SSSR count). The summed E-state index contributed by atoms with van der Waals surface area (Å²) in [6, 6.07) is 0. The average Bonchev–Trinajstić information content (AvgIpc) is 3.00. The predicted molar refractivity (Wildman–Crippen MR) is 62.1 cm³/mol. The topological polar surface area (TPSA) is 43.4 Å². The zero-order valence-electron chi connectivity index (χ0n) is 9.89. The molecule has 3 heteroatoms. The van der Waals surface area contributed by atoms with Crippen molar-refractivity contribution in [1.82, 2.24) is 0 Å². The summed E-state index contributed by atoms with van der Waals surface area (Å²) in [5.74, 6) is 0.0313. The molecule has 0 saturated heterocycles. The van der Waals surface area contributed by atoms with E-state index >= 15 is 0 Å². The lowest BCUT2D eigenvalue weighted by Crippen LogP contribution is -2.33. The highest BCUT2D eigenvalue weighted by molar-refractivity contribution is 5.93. The highest BCUT2D eigenvalue weighted by Crippen LogP contribution is 2.64. The molecule has 0 aliphatic heterocycles. The summed E-state index contributed by atoms with van der Waals surface area (Å²) in [7, 11) is 1.40. The summed E-state index contributed by atoms with van der Waals surface area (Å²) in [6.45, 7) is 0. The quantitative estimate of drug-likeness (QED) is 0.512. The minimum Gasteiger partial charge on any atom is -0.469 e. The van der Waals surface area contributed by atoms with Gasteiger partial charge in [0.2, 0.25) is 0 Å². The molecule has 1 saturated carbocycles. The molecule has 90 valence electrons. The number of ketones is 1. The maximum atomic E-state index is 11.8. The van der Waals surface area contributed by atoms with E-state index in [2.05, 4.69) is 12.2 Å². The first-order valence-electron chi connectivity index (χ1n) is 6.14. The van der Waals surface area contributed by atoms with Crippen LogP contribution in [0.1, 0.15) is 19.3 Å². The Morgan fingerprint density at radius 3 is 2.76 bits per heavy atom. The fraction of sp³-hybridized carbons (Fsp3) is 0.571. The summed E-state index contributed by atoms with van der Waals surface area (Å²) in [5, 5.41) is 0. The third-order valence-corrected chi connectivity index (χ3v) is 4.53. The van der Waals surface area contributed by atoms with Crippen molar-refractivity contribution in [1.29, 1.82) is 0 Å². The molecule has 3 nitrogen and oxygen atoms in total. The van der Waals surface area contributed by atoms with Gasteiger partial charge in [0, 0.05) is 12.3 Å². The Morgan fingerprint density at radius 1 is 1.35 bits per heavy atom. The third-order valence-electron chi connectivity index (χ3n) is 4.53. The van der Waals surface area contributed by atoms with E-state index in [4.69, 9.17) is 4.74 Å². The van der Waals surface area contributed by atoms with Crippen LogP contribution in [-0.2, 0) is 14.3 Å². The van der Waals surface area contributed by atoms with Gasteiger partial charge in [0.1, 0.15) is 0 Å². The van der Waals surface area contributed by atoms with Crippen molar-refractivity contribution >= 4 is 11.8 Å². The molecule has 0 aromatic rings. The fourth-order valence-corrected chi connectivity index (χ4v) is 3.45. The summed E-state index contributed by atoms with van der Waals surface area (Å²) in [4.78, 5) is 23.5. The number of hydrogen-bond donors (Lipinski definition) is 0. The number of carbonyl (C=O) groups excluding carboxylic acids is 2. The van der Waals surface area contributed by atoms with Gasteiger partial charge in [0.25, 0.3) is 0 Å². The second-order valence-corrected chi connectivity index (χ2v) is 5.33. The maximum absolute atomic E-state index is 11.8. The molecule has 17 heavy (non-hydrogen) atoms. The SMILES string of the molecule is COC(=O)[C@H]1CC(=O)/C=C\[C@H]2C=C[C@@H]1C21CC1. The Labute approximate surface area is 101 Å². The van der Waals surface area contributed by atoms with Gasteiger partial charge in [-0.2, -0.15) is 0 Å². The van der Waals surface area contributed by atoms with Crippen molar-refractivity contribution in [3.63, 3.8) is 0 Å². The van der Waals surface area contributed by atoms with E-state index in [-0.39, 0.29) is 35.4 Å². The molecular weight excluding hydrogens is 216 g/mol. The molecule has 1 spiro atoms. The largest absolute Gasteiger partial charge is 0.469 e. The van der Waals surface area contributed by atoms with Gasteiger partial charge in [-0.1, -0.05) is 18.2 Å². The van der Waals surface area contributed by atoms with Crippen molar-refractivity contribution < 1.29 is 14.3 Å². The second kappa shape index (κ2) is 3.56. The molecule has 0 unspecified atom stereocenters. The van der Waals surface area contributed by atoms with Crippen LogP contribution in [0.15, 0.2) is 24.3 Å². The molecule has 0 amide bonds. The van der Waals surface area contributed by atoms with E-state index < -0.39 is 0 Å². The van der Waals surface area contributed by atoms with Crippen LogP contribution in [0.3, 0.4) is 0 Å². The summed E-state index contributed by atoms with van der Waals surface area (Å²) in [6.07, 6.45) is 10.5. The van der Waals surface area contributed by atoms with Gasteiger partial charge < -0.3 is 4.74 Å². The number of ether oxygens (including phenoxy) is 1. The first-order valence-corrected chi connectivity index (χ1v) is 6.14. The molecule has 2 bridgehead atoms. The van der Waals surface area contributed by atoms with E-state index in [0.29, 0.717) is 5.92 Å². The molecule has 0 aromatic carbocycles. The lowest BCUT2D eigenvalue weighted by atomic mass is 9.73. The van der Waals surface area contributed by atoms with Gasteiger partial charge in [-0.15, -0.1) is 0 Å². The second-order valence-electron chi connectivity index (χ2n) is 5.33. The number of rotatable bonds is 1. The fourth-order valence-electron chi connectivity index (χ4n) is 3.45. The number of hydrogen-bond acceptors (Lipinski definition) is 3. The van der Waals surface area contributed by atoms with Crippen LogP contribution in [0.2, 0.25) is 0 Å². The Hall–Kier alpha value is -1.38. The van der Waals surface area contributed by atoms with Crippen molar-refractivity contribution in [2.24, 2.45) is 23.2 Å². The zero-order chi connectivity index (χ0) is 12.0. The lowest BCUT2D eigenvalue weighted by Gasteiger charge is -2.29. The predicted octanol–water partition coefficient (Wildman–Crippen LogP) is 1.89. The van der Waals surface area contributed by atoms with Crippen LogP contribution in [-0.4, -0.2) is 18.9 Å². The van der Waals surface area contributed by atoms with Crippen LogP contribution in [0.25, 0.3) is 0 Å². The molecule has 0 N–H and O–H groups in total. The van der Waals surface area contributed by atoms with E-state index in [1.807, 2.05) is 6.08 Å². The van der Waals surface area contributed by atoms with Crippen molar-refractivity contribution in [2.45, 2.75) is 19.3 Å². The van der Waals surface area contributed by atoms with E-state index in [0.717, 1.165) is 12.8 Å². The molecule has 0 heterocycles. The molecule has 3 atom stereocenters. The van der Waals surface area contributed by atoms with Crippen LogP contribution in [0, 0.1) is 23.2 Å². The summed E-state index contributed by atoms with van der Waals surface area (Å²) >= 11 is 0. The number of methoxy groups -OCH3 is 1. The van der Waals surface area contributed by atoms with Crippen LogP contribution in [0.4, 0.5) is 0 Å². The molecule has 0 radical (unpaired) electrons. The number of carbonyl (C=O) groups is 2.